The summed E-state index contributed by atoms with van der Waals surface area (Å²) < 4.78 is 5.00. The Morgan fingerprint density at radius 3 is 2.56 bits per heavy atom. The third kappa shape index (κ3) is 6.09. The lowest BCUT2D eigenvalue weighted by atomic mass is 9.96. The van der Waals surface area contributed by atoms with E-state index in [4.69, 9.17) is 33.7 Å². The van der Waals surface area contributed by atoms with Crippen LogP contribution in [0.3, 0.4) is 0 Å². The molecule has 1 heterocycles. The fraction of sp³-hybridized carbons (Fsp3) is 0.438. The molecule has 1 aliphatic heterocycles. The number of esters is 1. The Hall–Kier alpha value is -1.44. The average molecular weight is 405 g/mol. The van der Waals surface area contributed by atoms with Crippen molar-refractivity contribution in [3.05, 3.63) is 28.2 Å². The number of benzene rings is 1. The van der Waals surface area contributed by atoms with Crippen LogP contribution in [-0.4, -0.2) is 48.1 Å². The molecule has 136 valence electrons. The molecule has 1 aliphatic rings. The Morgan fingerprint density at radius 2 is 1.92 bits per heavy atom. The zero-order chi connectivity index (χ0) is 18.4. The molecule has 0 saturated carbocycles. The zero-order valence-electron chi connectivity index (χ0n) is 13.4. The molecule has 0 bridgehead atoms. The Kier molecular flexibility index (Phi) is 7.40. The monoisotopic (exact) mass is 404 g/mol. The SMILES string of the molecule is NC(=O)C1CCN(C(=O)COC(=O)CSc2cc(Cl)ccc2Cl)CC1. The van der Waals surface area contributed by atoms with Crippen molar-refractivity contribution >= 4 is 52.7 Å². The second kappa shape index (κ2) is 9.31. The molecule has 0 aromatic heterocycles. The van der Waals surface area contributed by atoms with E-state index in [1.807, 2.05) is 0 Å². The van der Waals surface area contributed by atoms with E-state index in [-0.39, 0.29) is 30.1 Å². The van der Waals surface area contributed by atoms with E-state index < -0.39 is 5.97 Å². The Morgan fingerprint density at radius 1 is 1.24 bits per heavy atom. The van der Waals surface area contributed by atoms with Crippen LogP contribution in [0.1, 0.15) is 12.8 Å². The van der Waals surface area contributed by atoms with Gasteiger partial charge in [0.2, 0.25) is 5.91 Å². The van der Waals surface area contributed by atoms with Gasteiger partial charge in [-0.25, -0.2) is 0 Å². The summed E-state index contributed by atoms with van der Waals surface area (Å²) in [4.78, 5) is 37.2. The van der Waals surface area contributed by atoms with Crippen molar-refractivity contribution < 1.29 is 19.1 Å². The number of piperidine rings is 1. The summed E-state index contributed by atoms with van der Waals surface area (Å²) >= 11 is 13.1. The summed E-state index contributed by atoms with van der Waals surface area (Å²) in [5.74, 6) is -1.29. The van der Waals surface area contributed by atoms with Gasteiger partial charge in [-0.15, -0.1) is 11.8 Å². The molecule has 9 heteroatoms. The number of likely N-dealkylation sites (tertiary alicyclic amines) is 1. The molecule has 1 aromatic rings. The second-order valence-corrected chi connectivity index (χ2v) is 7.44. The number of halogens is 2. The van der Waals surface area contributed by atoms with Gasteiger partial charge in [0.05, 0.1) is 10.8 Å². The Balaban J connectivity index is 1.72. The third-order valence-corrected chi connectivity index (χ3v) is 5.55. The fourth-order valence-electron chi connectivity index (χ4n) is 2.41. The maximum absolute atomic E-state index is 12.0. The fourth-order valence-corrected chi connectivity index (χ4v) is 3.70. The lowest BCUT2D eigenvalue weighted by molar-refractivity contribution is -0.150. The molecule has 2 N–H and O–H groups in total. The number of ether oxygens (including phenoxy) is 1. The molecule has 2 rings (SSSR count). The molecule has 0 radical (unpaired) electrons. The van der Waals surface area contributed by atoms with Gasteiger partial charge in [-0.05, 0) is 31.0 Å². The Labute approximate surface area is 160 Å². The number of nitrogens with zero attached hydrogens (tertiary/aromatic N) is 1. The molecular weight excluding hydrogens is 387 g/mol. The number of rotatable bonds is 6. The van der Waals surface area contributed by atoms with Crippen molar-refractivity contribution in [2.45, 2.75) is 17.7 Å². The highest BCUT2D eigenvalue weighted by molar-refractivity contribution is 8.00. The van der Waals surface area contributed by atoms with Gasteiger partial charge in [-0.2, -0.15) is 0 Å². The van der Waals surface area contributed by atoms with E-state index in [0.717, 1.165) is 0 Å². The zero-order valence-corrected chi connectivity index (χ0v) is 15.7. The molecular formula is C16H18Cl2N2O4S. The van der Waals surface area contributed by atoms with Crippen LogP contribution in [0.2, 0.25) is 10.0 Å². The molecule has 0 unspecified atom stereocenters. The van der Waals surface area contributed by atoms with Gasteiger partial charge in [-0.3, -0.25) is 14.4 Å². The normalized spacial score (nSPS) is 15.0. The molecule has 1 saturated heterocycles. The number of hydrogen-bond donors (Lipinski definition) is 1. The van der Waals surface area contributed by atoms with Crippen LogP contribution in [0.25, 0.3) is 0 Å². The summed E-state index contributed by atoms with van der Waals surface area (Å²) in [6.07, 6.45) is 1.08. The molecule has 0 aliphatic carbocycles. The molecule has 0 spiro atoms. The first-order chi connectivity index (χ1) is 11.9. The molecule has 1 aromatic carbocycles. The highest BCUT2D eigenvalue weighted by atomic mass is 35.5. The maximum atomic E-state index is 12.0. The van der Waals surface area contributed by atoms with Crippen molar-refractivity contribution in [3.63, 3.8) is 0 Å². The quantitative estimate of drug-likeness (QED) is 0.580. The first-order valence-electron chi connectivity index (χ1n) is 7.67. The third-order valence-electron chi connectivity index (χ3n) is 3.85. The topological polar surface area (TPSA) is 89.7 Å². The minimum atomic E-state index is -0.513. The number of amides is 2. The average Bonchev–Trinajstić information content (AvgIpc) is 2.60. The Bertz CT molecular complexity index is 664. The smallest absolute Gasteiger partial charge is 0.316 e. The lowest BCUT2D eigenvalue weighted by Gasteiger charge is -2.30. The van der Waals surface area contributed by atoms with E-state index in [1.165, 1.54) is 11.8 Å². The van der Waals surface area contributed by atoms with Gasteiger partial charge < -0.3 is 15.4 Å². The highest BCUT2D eigenvalue weighted by Gasteiger charge is 2.26. The van der Waals surface area contributed by atoms with Crippen LogP contribution >= 0.6 is 35.0 Å². The van der Waals surface area contributed by atoms with Crippen molar-refractivity contribution in [2.24, 2.45) is 11.7 Å². The molecule has 2 amide bonds. The minimum absolute atomic E-state index is 0.0249. The van der Waals surface area contributed by atoms with Crippen molar-refractivity contribution in [3.8, 4) is 0 Å². The van der Waals surface area contributed by atoms with E-state index >= 15 is 0 Å². The number of carbonyl (C=O) groups excluding carboxylic acids is 3. The van der Waals surface area contributed by atoms with Crippen LogP contribution in [0.15, 0.2) is 23.1 Å². The molecule has 6 nitrogen and oxygen atoms in total. The number of primary amides is 1. The maximum Gasteiger partial charge on any atom is 0.316 e. The van der Waals surface area contributed by atoms with Crippen LogP contribution in [-0.2, 0) is 19.1 Å². The standard InChI is InChI=1S/C16H18Cl2N2O4S/c17-11-1-2-12(18)13(7-11)25-9-15(22)24-8-14(21)20-5-3-10(4-6-20)16(19)23/h1-2,7,10H,3-6,8-9H2,(H2,19,23). The van der Waals surface area contributed by atoms with Crippen molar-refractivity contribution in [2.75, 3.05) is 25.4 Å². The summed E-state index contributed by atoms with van der Waals surface area (Å²) in [5.41, 5.74) is 5.26. The predicted molar refractivity (Wildman–Crippen MR) is 96.6 cm³/mol. The minimum Gasteiger partial charge on any atom is -0.455 e. The van der Waals surface area contributed by atoms with Gasteiger partial charge >= 0.3 is 5.97 Å². The van der Waals surface area contributed by atoms with Crippen LogP contribution in [0, 0.1) is 5.92 Å². The van der Waals surface area contributed by atoms with Gasteiger partial charge in [-0.1, -0.05) is 23.2 Å². The molecule has 0 atom stereocenters. The first-order valence-corrected chi connectivity index (χ1v) is 9.41. The van der Waals surface area contributed by atoms with Crippen molar-refractivity contribution in [1.82, 2.24) is 4.90 Å². The van der Waals surface area contributed by atoms with Gasteiger partial charge in [0.15, 0.2) is 6.61 Å². The molecule has 25 heavy (non-hydrogen) atoms. The summed E-state index contributed by atoms with van der Waals surface area (Å²) in [5, 5.41) is 1.02. The van der Waals surface area contributed by atoms with Crippen LogP contribution < -0.4 is 5.73 Å². The number of carbonyl (C=O) groups is 3. The van der Waals surface area contributed by atoms with E-state index in [0.29, 0.717) is 40.9 Å². The van der Waals surface area contributed by atoms with Gasteiger partial charge in [0.1, 0.15) is 0 Å². The van der Waals surface area contributed by atoms with E-state index in [9.17, 15) is 14.4 Å². The number of thioether (sulfide) groups is 1. The second-order valence-electron chi connectivity index (χ2n) is 5.58. The van der Waals surface area contributed by atoms with E-state index in [2.05, 4.69) is 0 Å². The largest absolute Gasteiger partial charge is 0.455 e. The van der Waals surface area contributed by atoms with Crippen LogP contribution in [0.4, 0.5) is 0 Å². The lowest BCUT2D eigenvalue weighted by Crippen LogP contribution is -2.43. The highest BCUT2D eigenvalue weighted by Crippen LogP contribution is 2.29. The van der Waals surface area contributed by atoms with Crippen molar-refractivity contribution in [1.29, 1.82) is 0 Å². The summed E-state index contributed by atoms with van der Waals surface area (Å²) in [6.45, 7) is 0.567. The number of hydrogen-bond acceptors (Lipinski definition) is 5. The summed E-state index contributed by atoms with van der Waals surface area (Å²) in [7, 11) is 0. The van der Waals surface area contributed by atoms with Gasteiger partial charge in [0, 0.05) is 28.9 Å². The van der Waals surface area contributed by atoms with Crippen LogP contribution in [0.5, 0.6) is 0 Å². The molecule has 1 fully saturated rings. The predicted octanol–water partition coefficient (Wildman–Crippen LogP) is 2.35. The summed E-state index contributed by atoms with van der Waals surface area (Å²) in [6, 6.07) is 4.97. The first kappa shape index (κ1) is 19.9. The number of nitrogens with two attached hydrogens (primary N) is 1. The van der Waals surface area contributed by atoms with Gasteiger partial charge in [0.25, 0.3) is 5.91 Å². The van der Waals surface area contributed by atoms with E-state index in [1.54, 1.807) is 23.1 Å².